The van der Waals surface area contributed by atoms with E-state index in [9.17, 15) is 8.78 Å². The summed E-state index contributed by atoms with van der Waals surface area (Å²) in [5.74, 6) is -1.90. The lowest BCUT2D eigenvalue weighted by molar-refractivity contribution is -0.561. The average molecular weight is 472 g/mol. The van der Waals surface area contributed by atoms with Crippen LogP contribution in [-0.4, -0.2) is 39.7 Å². The molecule has 0 aliphatic carbocycles. The van der Waals surface area contributed by atoms with Gasteiger partial charge < -0.3 is 21.7 Å². The van der Waals surface area contributed by atoms with Crippen LogP contribution in [0.3, 0.4) is 0 Å². The van der Waals surface area contributed by atoms with Gasteiger partial charge in [0.2, 0.25) is 5.82 Å². The van der Waals surface area contributed by atoms with Gasteiger partial charge >= 0.3 is 5.96 Å². The van der Waals surface area contributed by atoms with Crippen molar-refractivity contribution in [2.45, 2.75) is 70.8 Å². The molecule has 1 atom stereocenters. The molecule has 32 heavy (non-hydrogen) atoms. The predicted molar refractivity (Wildman–Crippen MR) is 114 cm³/mol. The van der Waals surface area contributed by atoms with Crippen molar-refractivity contribution >= 4 is 5.96 Å². The molecular formula is C22H32ClF2N5O2. The van der Waals surface area contributed by atoms with Gasteiger partial charge in [-0.1, -0.05) is 44.2 Å². The average Bonchev–Trinajstić information content (AvgIpc) is 3.32. The number of aromatic nitrogens is 2. The van der Waals surface area contributed by atoms with E-state index in [1.165, 1.54) is 36.7 Å². The summed E-state index contributed by atoms with van der Waals surface area (Å²) >= 11 is 0. The number of nitrogens with zero attached hydrogens (tertiary/aromatic N) is 3. The molecule has 0 unspecified atom stereocenters. The number of hydrogen-bond donors (Lipinski definition) is 2. The molecule has 7 nitrogen and oxygen atoms in total. The largest absolute Gasteiger partial charge is 1.00 e. The van der Waals surface area contributed by atoms with E-state index < -0.39 is 24.9 Å². The van der Waals surface area contributed by atoms with Crippen molar-refractivity contribution in [2.75, 3.05) is 13.2 Å². The van der Waals surface area contributed by atoms with E-state index in [1.807, 2.05) is 25.1 Å². The number of rotatable bonds is 10. The van der Waals surface area contributed by atoms with Gasteiger partial charge in [0.25, 0.3) is 11.8 Å². The summed E-state index contributed by atoms with van der Waals surface area (Å²) in [4.78, 5) is 4.32. The summed E-state index contributed by atoms with van der Waals surface area (Å²) in [6, 6.07) is 4.76. The predicted octanol–water partition coefficient (Wildman–Crippen LogP) is 1.15. The first-order chi connectivity index (χ1) is 14.8. The zero-order chi connectivity index (χ0) is 22.4. The minimum atomic E-state index is -2.92. The number of halogens is 3. The number of benzene rings is 1. The molecular weight excluding hydrogens is 440 g/mol. The summed E-state index contributed by atoms with van der Waals surface area (Å²) in [5, 5.41) is 3.96. The first-order valence-corrected chi connectivity index (χ1v) is 10.9. The molecule has 0 bridgehead atoms. The van der Waals surface area contributed by atoms with E-state index in [0.717, 1.165) is 23.3 Å². The van der Waals surface area contributed by atoms with Crippen LogP contribution in [0, 0.1) is 6.92 Å². The number of aryl methyl sites for hydroxylation is 1. The fourth-order valence-electron chi connectivity index (χ4n) is 3.81. The van der Waals surface area contributed by atoms with Crippen molar-refractivity contribution in [3.05, 3.63) is 29.7 Å². The molecule has 1 fully saturated rings. The van der Waals surface area contributed by atoms with Gasteiger partial charge in [-0.25, -0.2) is 13.4 Å². The molecule has 0 saturated carbocycles. The summed E-state index contributed by atoms with van der Waals surface area (Å²) < 4.78 is 40.1. The van der Waals surface area contributed by atoms with Gasteiger partial charge in [0.05, 0.1) is 13.0 Å². The van der Waals surface area contributed by atoms with Crippen molar-refractivity contribution in [3.8, 4) is 17.1 Å². The lowest BCUT2D eigenvalue weighted by atomic mass is 10.1. The highest BCUT2D eigenvalue weighted by Crippen LogP contribution is 2.38. The Hall–Kier alpha value is -2.42. The van der Waals surface area contributed by atoms with E-state index in [1.54, 1.807) is 0 Å². The number of hydrogen-bond acceptors (Lipinski definition) is 4. The second-order valence-corrected chi connectivity index (χ2v) is 8.18. The van der Waals surface area contributed by atoms with E-state index >= 15 is 0 Å². The van der Waals surface area contributed by atoms with Crippen LogP contribution in [0.15, 0.2) is 22.7 Å². The Bertz CT molecular complexity index is 915. The van der Waals surface area contributed by atoms with Crippen molar-refractivity contribution in [2.24, 2.45) is 11.5 Å². The number of alkyl halides is 2. The van der Waals surface area contributed by atoms with Gasteiger partial charge in [-0.3, -0.25) is 11.5 Å². The maximum Gasteiger partial charge on any atom is 0.342 e. The summed E-state index contributed by atoms with van der Waals surface area (Å²) in [6.07, 6.45) is 6.79. The summed E-state index contributed by atoms with van der Waals surface area (Å²) in [6.45, 7) is 4.27. The smallest absolute Gasteiger partial charge is 0.342 e. The quantitative estimate of drug-likeness (QED) is 0.306. The van der Waals surface area contributed by atoms with Crippen LogP contribution < -0.4 is 28.6 Å². The van der Waals surface area contributed by atoms with Crippen LogP contribution >= 0.6 is 0 Å². The van der Waals surface area contributed by atoms with Gasteiger partial charge in [0.15, 0.2) is 6.04 Å². The second-order valence-electron chi connectivity index (χ2n) is 8.18. The lowest BCUT2D eigenvalue weighted by Gasteiger charge is -2.10. The Kier molecular flexibility index (Phi) is 9.24. The number of ether oxygens (including phenoxy) is 1. The molecule has 1 aromatic heterocycles. The standard InChI is InChI=1S/C22H31F2N5O2.ClH/c1-3-4-5-6-7-8-11-30-18-10-9-16(12-15(18)2)19-27-20(31-28-19)17-13-22(23,24)14-29(17)21(25)26;/h9-10,12,17H,3-8,11,13-14H2,1-2H3,(H3,25,26);1H/t17-;/m0./s1. The van der Waals surface area contributed by atoms with Crippen molar-refractivity contribution in [1.82, 2.24) is 10.1 Å². The maximum absolute atomic E-state index is 13.9. The monoisotopic (exact) mass is 471 g/mol. The molecule has 10 heteroatoms. The molecule has 1 aromatic carbocycles. The Morgan fingerprint density at radius 3 is 2.62 bits per heavy atom. The molecule has 0 radical (unpaired) electrons. The molecule has 1 saturated heterocycles. The Balaban J connectivity index is 0.00000363. The fourth-order valence-corrected chi connectivity index (χ4v) is 3.81. The van der Waals surface area contributed by atoms with Crippen molar-refractivity contribution in [3.63, 3.8) is 0 Å². The fraction of sp³-hybridized carbons (Fsp3) is 0.591. The Morgan fingerprint density at radius 2 is 1.94 bits per heavy atom. The number of unbranched alkanes of at least 4 members (excludes halogenated alkanes) is 5. The van der Waals surface area contributed by atoms with Crippen LogP contribution in [-0.2, 0) is 0 Å². The van der Waals surface area contributed by atoms with Gasteiger partial charge in [-0.15, -0.1) is 0 Å². The Labute approximate surface area is 193 Å². The molecule has 3 rings (SSSR count). The van der Waals surface area contributed by atoms with Gasteiger partial charge in [-0.05, 0) is 37.1 Å². The van der Waals surface area contributed by atoms with Crippen molar-refractivity contribution in [1.29, 1.82) is 0 Å². The molecule has 1 aliphatic heterocycles. The van der Waals surface area contributed by atoms with E-state index in [2.05, 4.69) is 17.1 Å². The topological polar surface area (TPSA) is 103 Å². The van der Waals surface area contributed by atoms with Crippen molar-refractivity contribution < 1.29 is 35.0 Å². The number of nitrogens with two attached hydrogens (primary N) is 2. The molecule has 178 valence electrons. The minimum Gasteiger partial charge on any atom is -1.00 e. The number of guanidine groups is 1. The molecule has 4 N–H and O–H groups in total. The van der Waals surface area contributed by atoms with Gasteiger partial charge in [-0.2, -0.15) is 4.98 Å². The second kappa shape index (κ2) is 11.4. The highest BCUT2D eigenvalue weighted by molar-refractivity contribution is 5.70. The minimum absolute atomic E-state index is 0. The molecule has 1 aliphatic rings. The van der Waals surface area contributed by atoms with E-state index in [4.69, 9.17) is 20.7 Å². The van der Waals surface area contributed by atoms with Gasteiger partial charge in [0.1, 0.15) is 12.3 Å². The summed E-state index contributed by atoms with van der Waals surface area (Å²) in [7, 11) is 0. The first-order valence-electron chi connectivity index (χ1n) is 10.9. The zero-order valence-corrected chi connectivity index (χ0v) is 19.4. The van der Waals surface area contributed by atoms with Crippen LogP contribution in [0.4, 0.5) is 8.78 Å². The third kappa shape index (κ3) is 6.54. The lowest BCUT2D eigenvalue weighted by Crippen LogP contribution is -3.00. The van der Waals surface area contributed by atoms with E-state index in [-0.39, 0.29) is 24.3 Å². The highest BCUT2D eigenvalue weighted by atomic mass is 35.5. The third-order valence-electron chi connectivity index (χ3n) is 5.52. The summed E-state index contributed by atoms with van der Waals surface area (Å²) in [5.41, 5.74) is 12.8. The normalized spacial score (nSPS) is 17.2. The SMILES string of the molecule is CCCCCCCCOc1ccc(-c2noc([C@@H]3CC(F)(F)C[N+]3=C(N)N)n2)cc1C.[Cl-]. The zero-order valence-electron chi connectivity index (χ0n) is 18.6. The van der Waals surface area contributed by atoms with Gasteiger partial charge in [0, 0.05) is 5.56 Å². The maximum atomic E-state index is 13.9. The third-order valence-corrected chi connectivity index (χ3v) is 5.52. The van der Waals surface area contributed by atoms with Crippen LogP contribution in [0.25, 0.3) is 11.4 Å². The molecule has 2 heterocycles. The molecule has 0 spiro atoms. The Morgan fingerprint density at radius 1 is 1.22 bits per heavy atom. The van der Waals surface area contributed by atoms with Crippen LogP contribution in [0.1, 0.15) is 69.4 Å². The molecule has 2 aromatic rings. The van der Waals surface area contributed by atoms with E-state index in [0.29, 0.717) is 12.4 Å². The molecule has 0 amide bonds. The first kappa shape index (κ1) is 25.8. The van der Waals surface area contributed by atoms with Crippen LogP contribution in [0.5, 0.6) is 5.75 Å². The van der Waals surface area contributed by atoms with Crippen LogP contribution in [0.2, 0.25) is 0 Å². The highest BCUT2D eigenvalue weighted by Gasteiger charge is 2.49.